The fraction of sp³-hybridized carbons (Fsp3) is 0.300. The zero-order chi connectivity index (χ0) is 11.0. The third kappa shape index (κ3) is 2.04. The van der Waals surface area contributed by atoms with Crippen molar-refractivity contribution in [1.82, 2.24) is 4.98 Å². The second kappa shape index (κ2) is 3.92. The van der Waals surface area contributed by atoms with Crippen LogP contribution in [-0.2, 0) is 0 Å². The van der Waals surface area contributed by atoms with E-state index in [1.807, 2.05) is 19.9 Å². The van der Waals surface area contributed by atoms with Crippen LogP contribution in [0.3, 0.4) is 0 Å². The molecule has 2 rings (SSSR count). The highest BCUT2D eigenvalue weighted by Gasteiger charge is 2.17. The third-order valence-corrected chi connectivity index (χ3v) is 4.05. The van der Waals surface area contributed by atoms with E-state index in [0.29, 0.717) is 5.13 Å². The summed E-state index contributed by atoms with van der Waals surface area (Å²) in [6, 6.07) is 2.01. The maximum Gasteiger partial charge on any atom is 0.180 e. The zero-order valence-corrected chi connectivity index (χ0v) is 10.2. The predicted octanol–water partition coefficient (Wildman–Crippen LogP) is 2.49. The standard InChI is InChI=1S/C10H12N2OS2/c1-5-3-7(6(2)14-5)9(13)8-4-12-10(11)15-8/h3-4,9,13H,1-2H3,(H2,11,12). The Morgan fingerprint density at radius 2 is 2.13 bits per heavy atom. The molecule has 0 spiro atoms. The van der Waals surface area contributed by atoms with E-state index < -0.39 is 6.10 Å². The van der Waals surface area contributed by atoms with Gasteiger partial charge >= 0.3 is 0 Å². The number of nitrogen functional groups attached to an aromatic ring is 1. The first-order chi connectivity index (χ1) is 7.08. The molecule has 0 aliphatic rings. The Labute approximate surface area is 96.2 Å². The molecule has 0 saturated carbocycles. The summed E-state index contributed by atoms with van der Waals surface area (Å²) in [7, 11) is 0. The van der Waals surface area contributed by atoms with Crippen molar-refractivity contribution in [3.8, 4) is 0 Å². The molecule has 3 N–H and O–H groups in total. The average molecular weight is 240 g/mol. The van der Waals surface area contributed by atoms with Crippen molar-refractivity contribution in [3.63, 3.8) is 0 Å². The van der Waals surface area contributed by atoms with E-state index in [1.54, 1.807) is 17.5 Å². The molecule has 3 nitrogen and oxygen atoms in total. The van der Waals surface area contributed by atoms with E-state index in [9.17, 15) is 5.11 Å². The molecule has 80 valence electrons. The summed E-state index contributed by atoms with van der Waals surface area (Å²) < 4.78 is 0. The Morgan fingerprint density at radius 1 is 1.40 bits per heavy atom. The van der Waals surface area contributed by atoms with Gasteiger partial charge in [-0.15, -0.1) is 11.3 Å². The van der Waals surface area contributed by atoms with Crippen molar-refractivity contribution < 1.29 is 5.11 Å². The van der Waals surface area contributed by atoms with Gasteiger partial charge in [0, 0.05) is 16.0 Å². The van der Waals surface area contributed by atoms with E-state index in [0.717, 1.165) is 15.3 Å². The lowest BCUT2D eigenvalue weighted by atomic mass is 10.1. The third-order valence-electron chi connectivity index (χ3n) is 2.18. The largest absolute Gasteiger partial charge is 0.383 e. The number of aromatic nitrogens is 1. The van der Waals surface area contributed by atoms with Crippen molar-refractivity contribution >= 4 is 27.8 Å². The number of hydrogen-bond acceptors (Lipinski definition) is 5. The molecule has 1 unspecified atom stereocenters. The van der Waals surface area contributed by atoms with Crippen LogP contribution in [0, 0.1) is 13.8 Å². The number of nitrogens with two attached hydrogens (primary N) is 1. The molecule has 0 fully saturated rings. The van der Waals surface area contributed by atoms with Gasteiger partial charge in [-0.1, -0.05) is 11.3 Å². The summed E-state index contributed by atoms with van der Waals surface area (Å²) in [5.41, 5.74) is 6.50. The summed E-state index contributed by atoms with van der Waals surface area (Å²) in [5.74, 6) is 0. The molecule has 0 aliphatic carbocycles. The summed E-state index contributed by atoms with van der Waals surface area (Å²) in [6.45, 7) is 4.05. The van der Waals surface area contributed by atoms with E-state index in [2.05, 4.69) is 4.98 Å². The monoisotopic (exact) mass is 240 g/mol. The molecule has 15 heavy (non-hydrogen) atoms. The molecule has 2 aromatic rings. The van der Waals surface area contributed by atoms with Gasteiger partial charge < -0.3 is 10.8 Å². The number of aliphatic hydroxyl groups is 1. The van der Waals surface area contributed by atoms with Crippen LogP contribution < -0.4 is 5.73 Å². The number of rotatable bonds is 2. The van der Waals surface area contributed by atoms with Crippen molar-refractivity contribution in [2.24, 2.45) is 0 Å². The molecular weight excluding hydrogens is 228 g/mol. The highest BCUT2D eigenvalue weighted by atomic mass is 32.1. The second-order valence-corrected chi connectivity index (χ2v) is 5.93. The first-order valence-corrected chi connectivity index (χ1v) is 6.17. The zero-order valence-electron chi connectivity index (χ0n) is 8.52. The number of aliphatic hydroxyl groups excluding tert-OH is 1. The lowest BCUT2D eigenvalue weighted by Gasteiger charge is -2.06. The Kier molecular flexibility index (Phi) is 2.77. The number of anilines is 1. The van der Waals surface area contributed by atoms with Gasteiger partial charge in [0.05, 0.1) is 4.88 Å². The van der Waals surface area contributed by atoms with Gasteiger partial charge in [0.15, 0.2) is 5.13 Å². The second-order valence-electron chi connectivity index (χ2n) is 3.37. The maximum absolute atomic E-state index is 10.1. The number of thiazole rings is 1. The fourth-order valence-corrected chi connectivity index (χ4v) is 3.15. The Hall–Kier alpha value is -0.910. The minimum atomic E-state index is -0.593. The number of nitrogens with zero attached hydrogens (tertiary/aromatic N) is 1. The SMILES string of the molecule is Cc1cc(C(O)c2cnc(N)s2)c(C)s1. The van der Waals surface area contributed by atoms with E-state index in [1.165, 1.54) is 16.2 Å². The topological polar surface area (TPSA) is 59.1 Å². The fourth-order valence-electron chi connectivity index (χ4n) is 1.50. The van der Waals surface area contributed by atoms with E-state index in [4.69, 9.17) is 5.73 Å². The average Bonchev–Trinajstić information content (AvgIpc) is 2.71. The van der Waals surface area contributed by atoms with Gasteiger partial charge in [0.25, 0.3) is 0 Å². The highest BCUT2D eigenvalue weighted by Crippen LogP contribution is 2.33. The molecule has 0 aromatic carbocycles. The molecule has 1 atom stereocenters. The van der Waals surface area contributed by atoms with Crippen molar-refractivity contribution in [2.75, 3.05) is 5.73 Å². The minimum absolute atomic E-state index is 0.494. The Balaban J connectivity index is 2.35. The van der Waals surface area contributed by atoms with Gasteiger partial charge in [0.1, 0.15) is 6.10 Å². The van der Waals surface area contributed by atoms with Crippen LogP contribution in [0.15, 0.2) is 12.3 Å². The van der Waals surface area contributed by atoms with Crippen LogP contribution in [-0.4, -0.2) is 10.1 Å². The first-order valence-electron chi connectivity index (χ1n) is 4.54. The van der Waals surface area contributed by atoms with Crippen molar-refractivity contribution in [3.05, 3.63) is 32.5 Å². The van der Waals surface area contributed by atoms with Gasteiger partial charge in [-0.3, -0.25) is 0 Å². The molecule has 0 aliphatic heterocycles. The van der Waals surface area contributed by atoms with Gasteiger partial charge in [-0.25, -0.2) is 4.98 Å². The molecule has 0 radical (unpaired) electrons. The van der Waals surface area contributed by atoms with Crippen molar-refractivity contribution in [1.29, 1.82) is 0 Å². The van der Waals surface area contributed by atoms with Crippen LogP contribution in [0.5, 0.6) is 0 Å². The molecule has 5 heteroatoms. The Bertz CT molecular complexity index is 475. The van der Waals surface area contributed by atoms with Gasteiger partial charge in [-0.2, -0.15) is 0 Å². The lowest BCUT2D eigenvalue weighted by Crippen LogP contribution is -1.96. The first kappa shape index (κ1) is 10.6. The number of thiophene rings is 1. The molecule has 0 bridgehead atoms. The van der Waals surface area contributed by atoms with Gasteiger partial charge in [-0.05, 0) is 25.5 Å². The predicted molar refractivity (Wildman–Crippen MR) is 64.4 cm³/mol. The number of aryl methyl sites for hydroxylation is 2. The van der Waals surface area contributed by atoms with Crippen LogP contribution >= 0.6 is 22.7 Å². The minimum Gasteiger partial charge on any atom is -0.383 e. The normalized spacial score (nSPS) is 13.0. The molecule has 0 amide bonds. The highest BCUT2D eigenvalue weighted by molar-refractivity contribution is 7.15. The molecule has 2 aromatic heterocycles. The van der Waals surface area contributed by atoms with Crippen LogP contribution in [0.1, 0.15) is 26.3 Å². The smallest absolute Gasteiger partial charge is 0.180 e. The lowest BCUT2D eigenvalue weighted by molar-refractivity contribution is 0.223. The van der Waals surface area contributed by atoms with Gasteiger partial charge in [0.2, 0.25) is 0 Å². The van der Waals surface area contributed by atoms with Crippen LogP contribution in [0.25, 0.3) is 0 Å². The number of hydrogen-bond donors (Lipinski definition) is 2. The van der Waals surface area contributed by atoms with Crippen molar-refractivity contribution in [2.45, 2.75) is 20.0 Å². The molecule has 0 saturated heterocycles. The molecule has 2 heterocycles. The van der Waals surface area contributed by atoms with E-state index >= 15 is 0 Å². The molecular formula is C10H12N2OS2. The summed E-state index contributed by atoms with van der Waals surface area (Å²) in [4.78, 5) is 7.09. The Morgan fingerprint density at radius 3 is 2.60 bits per heavy atom. The summed E-state index contributed by atoms with van der Waals surface area (Å²) >= 11 is 3.02. The maximum atomic E-state index is 10.1. The quantitative estimate of drug-likeness (QED) is 0.848. The summed E-state index contributed by atoms with van der Waals surface area (Å²) in [5, 5.41) is 10.6. The van der Waals surface area contributed by atoms with E-state index in [-0.39, 0.29) is 0 Å². The van der Waals surface area contributed by atoms with Crippen LogP contribution in [0.2, 0.25) is 0 Å². The summed E-state index contributed by atoms with van der Waals surface area (Å²) in [6.07, 6.45) is 1.04. The van der Waals surface area contributed by atoms with Crippen LogP contribution in [0.4, 0.5) is 5.13 Å².